The van der Waals surface area contributed by atoms with Crippen LogP contribution in [0.2, 0.25) is 5.02 Å². The van der Waals surface area contributed by atoms with Gasteiger partial charge in [0.05, 0.1) is 7.11 Å². The Morgan fingerprint density at radius 3 is 2.18 bits per heavy atom. The number of para-hydroxylation sites is 1. The van der Waals surface area contributed by atoms with Crippen molar-refractivity contribution in [1.29, 1.82) is 0 Å². The molecular weight excluding hydrogens is 378 g/mol. The molecule has 2 aromatic rings. The Hall–Kier alpha value is -2.53. The van der Waals surface area contributed by atoms with Crippen molar-refractivity contribution < 1.29 is 19.1 Å². The van der Waals surface area contributed by atoms with E-state index >= 15 is 0 Å². The average Bonchev–Trinajstić information content (AvgIpc) is 2.65. The second-order valence-corrected chi connectivity index (χ2v) is 7.53. The molecule has 0 bridgehead atoms. The maximum absolute atomic E-state index is 12.6. The molecule has 0 aliphatic rings. The lowest BCUT2D eigenvalue weighted by Gasteiger charge is -2.20. The van der Waals surface area contributed by atoms with E-state index in [1.54, 1.807) is 6.07 Å². The molecule has 0 atom stereocenters. The second kappa shape index (κ2) is 9.60. The van der Waals surface area contributed by atoms with Crippen molar-refractivity contribution in [3.8, 4) is 5.75 Å². The van der Waals surface area contributed by atoms with E-state index in [9.17, 15) is 9.59 Å². The summed E-state index contributed by atoms with van der Waals surface area (Å²) in [5, 5.41) is 3.37. The molecule has 150 valence electrons. The molecule has 0 saturated heterocycles. The van der Waals surface area contributed by atoms with E-state index in [0.717, 1.165) is 16.8 Å². The Labute approximate surface area is 171 Å². The fourth-order valence-corrected chi connectivity index (χ4v) is 3.07. The maximum atomic E-state index is 12.6. The zero-order valence-corrected chi connectivity index (χ0v) is 17.6. The first-order valence-electron chi connectivity index (χ1n) is 9.17. The molecule has 0 spiro atoms. The lowest BCUT2D eigenvalue weighted by molar-refractivity contribution is -0.118. The van der Waals surface area contributed by atoms with Gasteiger partial charge >= 0.3 is 5.97 Å². The molecular formula is C22H26ClNO4. The van der Waals surface area contributed by atoms with Gasteiger partial charge in [0.25, 0.3) is 5.91 Å². The van der Waals surface area contributed by atoms with Crippen molar-refractivity contribution in [2.45, 2.75) is 39.5 Å². The van der Waals surface area contributed by atoms with Crippen LogP contribution in [0.25, 0.3) is 0 Å². The number of hydrogen-bond acceptors (Lipinski definition) is 4. The third kappa shape index (κ3) is 5.26. The summed E-state index contributed by atoms with van der Waals surface area (Å²) in [6, 6.07) is 10.6. The van der Waals surface area contributed by atoms with Crippen LogP contribution in [0.3, 0.4) is 0 Å². The monoisotopic (exact) mass is 403 g/mol. The quantitative estimate of drug-likeness (QED) is 0.629. The number of nitrogens with one attached hydrogen (secondary N) is 1. The molecule has 0 fully saturated rings. The van der Waals surface area contributed by atoms with E-state index in [1.165, 1.54) is 19.2 Å². The number of amides is 1. The first-order chi connectivity index (χ1) is 13.2. The van der Waals surface area contributed by atoms with Crippen molar-refractivity contribution >= 4 is 29.2 Å². The number of anilines is 1. The highest BCUT2D eigenvalue weighted by Gasteiger charge is 2.18. The number of ether oxygens (including phenoxy) is 2. The summed E-state index contributed by atoms with van der Waals surface area (Å²) in [7, 11) is 1.28. The number of carbonyl (C=O) groups excluding carboxylic acids is 2. The van der Waals surface area contributed by atoms with E-state index in [-0.39, 0.29) is 35.7 Å². The predicted octanol–water partition coefficient (Wildman–Crippen LogP) is 5.39. The number of benzene rings is 2. The summed E-state index contributed by atoms with van der Waals surface area (Å²) < 4.78 is 10.3. The van der Waals surface area contributed by atoms with Gasteiger partial charge in [-0.05, 0) is 41.2 Å². The summed E-state index contributed by atoms with van der Waals surface area (Å²) in [4.78, 5) is 24.5. The zero-order chi connectivity index (χ0) is 20.8. The second-order valence-electron chi connectivity index (χ2n) is 7.09. The fraction of sp³-hybridized carbons (Fsp3) is 0.364. The molecule has 28 heavy (non-hydrogen) atoms. The zero-order valence-electron chi connectivity index (χ0n) is 16.8. The lowest BCUT2D eigenvalue weighted by Crippen LogP contribution is -2.23. The molecule has 5 nitrogen and oxygen atoms in total. The van der Waals surface area contributed by atoms with Crippen LogP contribution in [0, 0.1) is 0 Å². The Morgan fingerprint density at radius 2 is 1.64 bits per heavy atom. The van der Waals surface area contributed by atoms with E-state index in [2.05, 4.69) is 33.0 Å². The maximum Gasteiger partial charge on any atom is 0.341 e. The minimum Gasteiger partial charge on any atom is -0.483 e. The van der Waals surface area contributed by atoms with Gasteiger partial charge in [-0.3, -0.25) is 4.79 Å². The van der Waals surface area contributed by atoms with Crippen LogP contribution in [0.5, 0.6) is 5.75 Å². The highest BCUT2D eigenvalue weighted by atomic mass is 35.5. The molecule has 0 aromatic heterocycles. The molecule has 2 aromatic carbocycles. The number of hydrogen-bond donors (Lipinski definition) is 1. The normalized spacial score (nSPS) is 10.9. The number of halogens is 1. The van der Waals surface area contributed by atoms with Crippen LogP contribution < -0.4 is 10.1 Å². The first kappa shape index (κ1) is 21.8. The third-order valence-corrected chi connectivity index (χ3v) is 4.58. The van der Waals surface area contributed by atoms with Crippen LogP contribution in [-0.2, 0) is 9.53 Å². The van der Waals surface area contributed by atoms with E-state index in [4.69, 9.17) is 21.1 Å². The molecule has 0 unspecified atom stereocenters. The standard InChI is InChI=1S/C22H26ClNO4/c1-13(2)16-7-6-8-17(14(3)4)21(16)24-20(25)12-28-19-11-15(23)9-10-18(19)22(26)27-5/h6-11,13-14H,12H2,1-5H3,(H,24,25). The van der Waals surface area contributed by atoms with Gasteiger partial charge < -0.3 is 14.8 Å². The van der Waals surface area contributed by atoms with Crippen molar-refractivity contribution in [3.05, 3.63) is 58.1 Å². The van der Waals surface area contributed by atoms with Gasteiger partial charge in [0.1, 0.15) is 11.3 Å². The van der Waals surface area contributed by atoms with Gasteiger partial charge in [0, 0.05) is 10.7 Å². The Balaban J connectivity index is 2.21. The predicted molar refractivity (Wildman–Crippen MR) is 112 cm³/mol. The largest absolute Gasteiger partial charge is 0.483 e. The van der Waals surface area contributed by atoms with Gasteiger partial charge in [-0.25, -0.2) is 4.79 Å². The minimum absolute atomic E-state index is 0.204. The number of rotatable bonds is 7. The Bertz CT molecular complexity index is 835. The van der Waals surface area contributed by atoms with Crippen LogP contribution in [0.4, 0.5) is 5.69 Å². The van der Waals surface area contributed by atoms with Crippen molar-refractivity contribution in [2.24, 2.45) is 0 Å². The van der Waals surface area contributed by atoms with Gasteiger partial charge in [-0.1, -0.05) is 57.5 Å². The minimum atomic E-state index is -0.556. The van der Waals surface area contributed by atoms with Gasteiger partial charge in [-0.15, -0.1) is 0 Å². The number of carbonyl (C=O) groups is 2. The third-order valence-electron chi connectivity index (χ3n) is 4.35. The van der Waals surface area contributed by atoms with Crippen LogP contribution >= 0.6 is 11.6 Å². The smallest absolute Gasteiger partial charge is 0.341 e. The molecule has 0 heterocycles. The van der Waals surface area contributed by atoms with E-state index in [1.807, 2.05) is 18.2 Å². The van der Waals surface area contributed by atoms with E-state index in [0.29, 0.717) is 5.02 Å². The highest BCUT2D eigenvalue weighted by molar-refractivity contribution is 6.30. The van der Waals surface area contributed by atoms with Gasteiger partial charge in [0.2, 0.25) is 0 Å². The molecule has 0 aliphatic carbocycles. The molecule has 1 amide bonds. The summed E-state index contributed by atoms with van der Waals surface area (Å²) in [6.45, 7) is 8.08. The Kier molecular flexibility index (Phi) is 7.46. The molecule has 2 rings (SSSR count). The average molecular weight is 404 g/mol. The summed E-state index contributed by atoms with van der Waals surface area (Å²) in [6.07, 6.45) is 0. The molecule has 0 aliphatic heterocycles. The summed E-state index contributed by atoms with van der Waals surface area (Å²) in [5.41, 5.74) is 3.17. The molecule has 0 radical (unpaired) electrons. The van der Waals surface area contributed by atoms with Crippen molar-refractivity contribution in [1.82, 2.24) is 0 Å². The number of esters is 1. The van der Waals surface area contributed by atoms with Gasteiger partial charge in [0.15, 0.2) is 6.61 Å². The van der Waals surface area contributed by atoms with Crippen molar-refractivity contribution in [2.75, 3.05) is 19.0 Å². The number of methoxy groups -OCH3 is 1. The topological polar surface area (TPSA) is 64.6 Å². The van der Waals surface area contributed by atoms with Gasteiger partial charge in [-0.2, -0.15) is 0 Å². The summed E-state index contributed by atoms with van der Waals surface area (Å²) >= 11 is 5.99. The van der Waals surface area contributed by atoms with E-state index < -0.39 is 5.97 Å². The summed E-state index contributed by atoms with van der Waals surface area (Å²) in [5.74, 6) is -0.150. The molecule has 1 N–H and O–H groups in total. The first-order valence-corrected chi connectivity index (χ1v) is 9.55. The SMILES string of the molecule is COC(=O)c1ccc(Cl)cc1OCC(=O)Nc1c(C(C)C)cccc1C(C)C. The van der Waals surface area contributed by atoms with Crippen LogP contribution in [0.1, 0.15) is 61.0 Å². The van der Waals surface area contributed by atoms with Crippen molar-refractivity contribution in [3.63, 3.8) is 0 Å². The lowest BCUT2D eigenvalue weighted by atomic mass is 9.92. The van der Waals surface area contributed by atoms with Crippen LogP contribution in [0.15, 0.2) is 36.4 Å². The van der Waals surface area contributed by atoms with Crippen LogP contribution in [-0.4, -0.2) is 25.6 Å². The molecule has 6 heteroatoms. The molecule has 0 saturated carbocycles. The fourth-order valence-electron chi connectivity index (χ4n) is 2.91. The highest BCUT2D eigenvalue weighted by Crippen LogP contribution is 2.32. The Morgan fingerprint density at radius 1 is 1.04 bits per heavy atom.